The Kier molecular flexibility index (Phi) is 10.1. The van der Waals surface area contributed by atoms with Crippen molar-refractivity contribution in [2.75, 3.05) is 13.7 Å². The maximum Gasteiger partial charge on any atom is 0.263 e. The molecule has 0 aromatic heterocycles. The average Bonchev–Trinajstić information content (AvgIpc) is 2.91. The van der Waals surface area contributed by atoms with Gasteiger partial charge in [-0.3, -0.25) is 9.59 Å². The van der Waals surface area contributed by atoms with Gasteiger partial charge in [-0.1, -0.05) is 42.5 Å². The lowest BCUT2D eigenvalue weighted by Crippen LogP contribution is -2.45. The summed E-state index contributed by atoms with van der Waals surface area (Å²) in [6.07, 6.45) is -5.88. The highest BCUT2D eigenvalue weighted by atomic mass is 19.3. The summed E-state index contributed by atoms with van der Waals surface area (Å²) in [4.78, 5) is 27.3. The smallest absolute Gasteiger partial charge is 0.263 e. The number of hydrogen-bond donors (Lipinski definition) is 2. The summed E-state index contributed by atoms with van der Waals surface area (Å²) in [5, 5.41) is 12.1. The lowest BCUT2D eigenvalue weighted by molar-refractivity contribution is -0.143. The molecule has 0 aliphatic heterocycles. The summed E-state index contributed by atoms with van der Waals surface area (Å²) in [7, 11) is 1.51. The molecule has 1 atom stereocenters. The SMILES string of the molecule is COc1ccc(CNC(=O)C(c2cccc(C(F)F)c2)N(CC(F)F)C(=O)CCc2ccc(O)cc2)cc1. The van der Waals surface area contributed by atoms with Crippen molar-refractivity contribution in [1.29, 1.82) is 0 Å². The number of phenols is 1. The number of carbonyl (C=O) groups excluding carboxylic acids is 2. The number of nitrogens with one attached hydrogen (secondary N) is 1. The minimum Gasteiger partial charge on any atom is -0.508 e. The summed E-state index contributed by atoms with van der Waals surface area (Å²) >= 11 is 0. The van der Waals surface area contributed by atoms with Gasteiger partial charge in [0.05, 0.1) is 13.7 Å². The first-order valence-corrected chi connectivity index (χ1v) is 11.8. The Morgan fingerprint density at radius 3 is 2.16 bits per heavy atom. The second-order valence-corrected chi connectivity index (χ2v) is 8.54. The molecule has 202 valence electrons. The van der Waals surface area contributed by atoms with Gasteiger partial charge >= 0.3 is 0 Å². The molecule has 3 aromatic carbocycles. The number of carbonyl (C=O) groups is 2. The molecule has 0 radical (unpaired) electrons. The Morgan fingerprint density at radius 2 is 1.55 bits per heavy atom. The third-order valence-corrected chi connectivity index (χ3v) is 5.88. The molecule has 10 heteroatoms. The molecule has 2 amide bonds. The fraction of sp³-hybridized carbons (Fsp3) is 0.286. The second kappa shape index (κ2) is 13.5. The van der Waals surface area contributed by atoms with E-state index in [1.165, 1.54) is 31.4 Å². The van der Waals surface area contributed by atoms with Crippen molar-refractivity contribution in [1.82, 2.24) is 10.2 Å². The predicted molar refractivity (Wildman–Crippen MR) is 133 cm³/mol. The van der Waals surface area contributed by atoms with Crippen molar-refractivity contribution in [3.8, 4) is 11.5 Å². The van der Waals surface area contributed by atoms with E-state index in [0.29, 0.717) is 16.9 Å². The maximum absolute atomic E-state index is 13.6. The molecule has 6 nitrogen and oxygen atoms in total. The van der Waals surface area contributed by atoms with Crippen LogP contribution in [0.2, 0.25) is 0 Å². The Labute approximate surface area is 217 Å². The van der Waals surface area contributed by atoms with Crippen LogP contribution in [0.1, 0.15) is 41.1 Å². The molecule has 0 saturated heterocycles. The van der Waals surface area contributed by atoms with Crippen LogP contribution in [0.4, 0.5) is 17.6 Å². The fourth-order valence-electron chi connectivity index (χ4n) is 3.92. The number of rotatable bonds is 12. The minimum atomic E-state index is -2.97. The molecule has 3 rings (SSSR count). The topological polar surface area (TPSA) is 78.9 Å². The van der Waals surface area contributed by atoms with Crippen molar-refractivity contribution < 1.29 is 37.0 Å². The van der Waals surface area contributed by atoms with Gasteiger partial charge in [0.25, 0.3) is 12.9 Å². The third kappa shape index (κ3) is 7.96. The van der Waals surface area contributed by atoms with Crippen LogP contribution in [0.15, 0.2) is 72.8 Å². The van der Waals surface area contributed by atoms with Gasteiger partial charge in [0, 0.05) is 18.5 Å². The number of nitrogens with zero attached hydrogens (tertiary/aromatic N) is 1. The van der Waals surface area contributed by atoms with Crippen LogP contribution >= 0.6 is 0 Å². The molecule has 0 bridgehead atoms. The van der Waals surface area contributed by atoms with Crippen LogP contribution in [0.25, 0.3) is 0 Å². The van der Waals surface area contributed by atoms with Crippen LogP contribution in [-0.4, -0.2) is 41.9 Å². The summed E-state index contributed by atoms with van der Waals surface area (Å²) in [6, 6.07) is 16.1. The Hall–Kier alpha value is -4.08. The molecular weight excluding hydrogens is 504 g/mol. The first-order chi connectivity index (χ1) is 18.2. The lowest BCUT2D eigenvalue weighted by atomic mass is 10.00. The molecule has 0 aliphatic rings. The number of alkyl halides is 4. The molecule has 2 N–H and O–H groups in total. The highest BCUT2D eigenvalue weighted by Crippen LogP contribution is 2.28. The monoisotopic (exact) mass is 532 g/mol. The zero-order valence-corrected chi connectivity index (χ0v) is 20.6. The molecule has 0 fully saturated rings. The summed E-state index contributed by atoms with van der Waals surface area (Å²) in [5.41, 5.74) is 0.948. The van der Waals surface area contributed by atoms with E-state index in [1.807, 2.05) is 0 Å². The molecule has 0 saturated carbocycles. The van der Waals surface area contributed by atoms with Crippen molar-refractivity contribution in [2.24, 2.45) is 0 Å². The number of amides is 2. The standard InChI is InChI=1S/C28H28F4N2O4/c1-38-23-12-7-19(8-13-23)16-33-28(37)26(20-3-2-4-21(15-20)27(31)32)34(17-24(29)30)25(36)14-9-18-5-10-22(35)11-6-18/h2-8,10-13,15,24,26-27,35H,9,14,16-17H2,1H3,(H,33,37). The van der Waals surface area contributed by atoms with Gasteiger partial charge in [-0.05, 0) is 53.4 Å². The van der Waals surface area contributed by atoms with Crippen LogP contribution in [-0.2, 0) is 22.6 Å². The molecule has 3 aromatic rings. The van der Waals surface area contributed by atoms with Crippen molar-refractivity contribution >= 4 is 11.8 Å². The number of aryl methyl sites for hydroxylation is 1. The van der Waals surface area contributed by atoms with Crippen LogP contribution in [0.3, 0.4) is 0 Å². The predicted octanol–water partition coefficient (Wildman–Crippen LogP) is 5.42. The minimum absolute atomic E-state index is 0.00587. The number of ether oxygens (including phenoxy) is 1. The molecular formula is C28H28F4N2O4. The number of benzene rings is 3. The van der Waals surface area contributed by atoms with E-state index in [9.17, 15) is 32.3 Å². The van der Waals surface area contributed by atoms with Crippen LogP contribution in [0, 0.1) is 0 Å². The first-order valence-electron chi connectivity index (χ1n) is 11.8. The highest BCUT2D eigenvalue weighted by molar-refractivity contribution is 5.89. The third-order valence-electron chi connectivity index (χ3n) is 5.88. The first kappa shape index (κ1) is 28.5. The van der Waals surface area contributed by atoms with Gasteiger partial charge in [0.15, 0.2) is 0 Å². The lowest BCUT2D eigenvalue weighted by Gasteiger charge is -2.31. The van der Waals surface area contributed by atoms with Crippen molar-refractivity contribution in [3.63, 3.8) is 0 Å². The average molecular weight is 533 g/mol. The Morgan fingerprint density at radius 1 is 0.921 bits per heavy atom. The van der Waals surface area contributed by atoms with Crippen molar-refractivity contribution in [2.45, 2.75) is 38.3 Å². The van der Waals surface area contributed by atoms with Gasteiger partial charge in [-0.15, -0.1) is 0 Å². The van der Waals surface area contributed by atoms with Crippen molar-refractivity contribution in [3.05, 3.63) is 95.1 Å². The van der Waals surface area contributed by atoms with E-state index >= 15 is 0 Å². The van der Waals surface area contributed by atoms with E-state index < -0.39 is 42.8 Å². The molecule has 0 heterocycles. The Balaban J connectivity index is 1.89. The van der Waals surface area contributed by atoms with Crippen LogP contribution < -0.4 is 10.1 Å². The normalized spacial score (nSPS) is 11.9. The molecule has 0 spiro atoms. The van der Waals surface area contributed by atoms with E-state index in [1.54, 1.807) is 36.4 Å². The number of phenolic OH excluding ortho intramolecular Hbond substituents is 1. The quantitative estimate of drug-likeness (QED) is 0.305. The highest BCUT2D eigenvalue weighted by Gasteiger charge is 2.33. The number of methoxy groups -OCH3 is 1. The maximum atomic E-state index is 13.6. The summed E-state index contributed by atoms with van der Waals surface area (Å²) in [6.45, 7) is -1.05. The van der Waals surface area contributed by atoms with Crippen LogP contribution in [0.5, 0.6) is 11.5 Å². The Bertz CT molecular complexity index is 1200. The van der Waals surface area contributed by atoms with E-state index in [4.69, 9.17) is 4.74 Å². The van der Waals surface area contributed by atoms with Gasteiger partial charge in [-0.25, -0.2) is 17.6 Å². The number of halogens is 4. The van der Waals surface area contributed by atoms with Gasteiger partial charge < -0.3 is 20.1 Å². The zero-order valence-electron chi connectivity index (χ0n) is 20.6. The van der Waals surface area contributed by atoms with E-state index in [-0.39, 0.29) is 30.7 Å². The zero-order chi connectivity index (χ0) is 27.7. The summed E-state index contributed by atoms with van der Waals surface area (Å²) in [5.74, 6) is -0.896. The van der Waals surface area contributed by atoms with E-state index in [0.717, 1.165) is 17.0 Å². The molecule has 1 unspecified atom stereocenters. The van der Waals surface area contributed by atoms with Gasteiger partial charge in [0.1, 0.15) is 17.5 Å². The second-order valence-electron chi connectivity index (χ2n) is 8.54. The largest absolute Gasteiger partial charge is 0.508 e. The fourth-order valence-corrected chi connectivity index (χ4v) is 3.92. The number of aromatic hydroxyl groups is 1. The summed E-state index contributed by atoms with van der Waals surface area (Å²) < 4.78 is 59.2. The molecule has 0 aliphatic carbocycles. The van der Waals surface area contributed by atoms with Gasteiger partial charge in [-0.2, -0.15) is 0 Å². The molecule has 38 heavy (non-hydrogen) atoms. The van der Waals surface area contributed by atoms with Gasteiger partial charge in [0.2, 0.25) is 11.8 Å². The number of hydrogen-bond acceptors (Lipinski definition) is 4. The van der Waals surface area contributed by atoms with E-state index in [2.05, 4.69) is 5.32 Å².